The van der Waals surface area contributed by atoms with Crippen molar-refractivity contribution in [1.82, 2.24) is 15.3 Å². The molecule has 0 aliphatic heterocycles. The average molecular weight is 263 g/mol. The van der Waals surface area contributed by atoms with Gasteiger partial charge in [-0.3, -0.25) is 9.59 Å². The molecule has 100 valence electrons. The highest BCUT2D eigenvalue weighted by molar-refractivity contribution is 5.93. The molecule has 7 heteroatoms. The lowest BCUT2D eigenvalue weighted by Crippen LogP contribution is -2.28. The molecule has 0 aliphatic carbocycles. The molecule has 1 unspecified atom stereocenters. The minimum Gasteiger partial charge on any atom is -0.481 e. The zero-order valence-electron chi connectivity index (χ0n) is 10.2. The molecule has 4 N–H and O–H groups in total. The van der Waals surface area contributed by atoms with Crippen LogP contribution < -0.4 is 11.0 Å². The number of carboxylic acids is 1. The molecule has 2 rings (SSSR count). The quantitative estimate of drug-likeness (QED) is 0.601. The first-order chi connectivity index (χ1) is 8.95. The second-order valence-electron chi connectivity index (χ2n) is 4.24. The number of carbonyl (C=O) groups excluding carboxylic acids is 1. The van der Waals surface area contributed by atoms with E-state index in [1.54, 1.807) is 25.1 Å². The maximum Gasteiger partial charge on any atom is 0.323 e. The fourth-order valence-electron chi connectivity index (χ4n) is 1.83. The van der Waals surface area contributed by atoms with Crippen molar-refractivity contribution < 1.29 is 14.7 Å². The second kappa shape index (κ2) is 4.97. The highest BCUT2D eigenvalue weighted by Crippen LogP contribution is 2.16. The molecule has 1 heterocycles. The van der Waals surface area contributed by atoms with E-state index in [-0.39, 0.29) is 11.7 Å². The van der Waals surface area contributed by atoms with E-state index >= 15 is 0 Å². The van der Waals surface area contributed by atoms with Crippen molar-refractivity contribution in [1.29, 1.82) is 0 Å². The van der Waals surface area contributed by atoms with Gasteiger partial charge in [0.25, 0.3) is 0 Å². The molecule has 2 aromatic rings. The summed E-state index contributed by atoms with van der Waals surface area (Å²) in [6.07, 6.45) is -0.562. The number of benzene rings is 1. The Labute approximate surface area is 107 Å². The molecule has 7 nitrogen and oxygen atoms in total. The summed E-state index contributed by atoms with van der Waals surface area (Å²) in [5, 5.41) is 11.1. The van der Waals surface area contributed by atoms with Crippen molar-refractivity contribution in [3.63, 3.8) is 0 Å². The maximum atomic E-state index is 11.3. The Morgan fingerprint density at radius 3 is 2.68 bits per heavy atom. The predicted octanol–water partition coefficient (Wildman–Crippen LogP) is 0.508. The van der Waals surface area contributed by atoms with Gasteiger partial charge in [-0.2, -0.15) is 0 Å². The minimum atomic E-state index is -1.17. The van der Waals surface area contributed by atoms with Crippen molar-refractivity contribution >= 4 is 22.9 Å². The fraction of sp³-hybridized carbons (Fsp3) is 0.250. The van der Waals surface area contributed by atoms with Gasteiger partial charge in [0.1, 0.15) is 6.42 Å². The van der Waals surface area contributed by atoms with Crippen LogP contribution in [0.3, 0.4) is 0 Å². The van der Waals surface area contributed by atoms with Gasteiger partial charge < -0.3 is 20.4 Å². The number of fused-ring (bicyclic) bond motifs is 1. The topological polar surface area (TPSA) is 115 Å². The molecule has 0 bridgehead atoms. The monoisotopic (exact) mass is 263 g/mol. The van der Waals surface area contributed by atoms with E-state index in [1.807, 2.05) is 0 Å². The summed E-state index contributed by atoms with van der Waals surface area (Å²) in [5.74, 6) is -1.72. The van der Waals surface area contributed by atoms with Crippen LogP contribution in [0.25, 0.3) is 11.0 Å². The molecule has 0 aliphatic rings. The number of H-pyrrole nitrogens is 2. The van der Waals surface area contributed by atoms with Crippen LogP contribution in [-0.4, -0.2) is 27.0 Å². The minimum absolute atomic E-state index is 0.297. The van der Waals surface area contributed by atoms with Gasteiger partial charge in [-0.15, -0.1) is 0 Å². The summed E-state index contributed by atoms with van der Waals surface area (Å²) in [7, 11) is 0. The number of hydrogen-bond donors (Lipinski definition) is 4. The number of hydrogen-bond acceptors (Lipinski definition) is 3. The number of nitrogens with one attached hydrogen (secondary N) is 3. The standard InChI is InChI=1S/C12H13N3O4/c1-6(13-10(16)5-11(17)18)7-2-3-8-9(4-7)15-12(19)14-8/h2-4,6H,5H2,1H3,(H,13,16)(H,17,18)(H2,14,15,19). The van der Waals surface area contributed by atoms with E-state index in [4.69, 9.17) is 5.11 Å². The first kappa shape index (κ1) is 12.9. The van der Waals surface area contributed by atoms with Crippen molar-refractivity contribution in [2.24, 2.45) is 0 Å². The van der Waals surface area contributed by atoms with Gasteiger partial charge in [-0.05, 0) is 24.6 Å². The number of carbonyl (C=O) groups is 2. The molecule has 19 heavy (non-hydrogen) atoms. The van der Waals surface area contributed by atoms with E-state index in [9.17, 15) is 14.4 Å². The molecule has 1 aromatic carbocycles. The fourth-order valence-corrected chi connectivity index (χ4v) is 1.83. The lowest BCUT2D eigenvalue weighted by atomic mass is 10.1. The number of aliphatic carboxylic acids is 1. The average Bonchev–Trinajstić information content (AvgIpc) is 2.66. The molecular weight excluding hydrogens is 250 g/mol. The van der Waals surface area contributed by atoms with Crippen LogP contribution in [0.4, 0.5) is 0 Å². The summed E-state index contributed by atoms with van der Waals surface area (Å²) >= 11 is 0. The van der Waals surface area contributed by atoms with Crippen LogP contribution in [0.5, 0.6) is 0 Å². The molecule has 1 aromatic heterocycles. The lowest BCUT2D eigenvalue weighted by Gasteiger charge is -2.13. The van der Waals surface area contributed by atoms with Crippen LogP contribution in [0.1, 0.15) is 24.9 Å². The van der Waals surface area contributed by atoms with Gasteiger partial charge in [0, 0.05) is 0 Å². The molecule has 0 saturated heterocycles. The first-order valence-electron chi connectivity index (χ1n) is 5.69. The lowest BCUT2D eigenvalue weighted by molar-refractivity contribution is -0.140. The molecule has 1 amide bonds. The molecular formula is C12H13N3O4. The third-order valence-electron chi connectivity index (χ3n) is 2.73. The van der Waals surface area contributed by atoms with Gasteiger partial charge in [-0.25, -0.2) is 4.79 Å². The number of imidazole rings is 1. The van der Waals surface area contributed by atoms with Gasteiger partial charge in [0.2, 0.25) is 5.91 Å². The maximum absolute atomic E-state index is 11.3. The Hall–Kier alpha value is -2.57. The van der Waals surface area contributed by atoms with E-state index in [2.05, 4.69) is 15.3 Å². The second-order valence-corrected chi connectivity index (χ2v) is 4.24. The highest BCUT2D eigenvalue weighted by Gasteiger charge is 2.13. The highest BCUT2D eigenvalue weighted by atomic mass is 16.4. The van der Waals surface area contributed by atoms with Gasteiger partial charge >= 0.3 is 11.7 Å². The largest absolute Gasteiger partial charge is 0.481 e. The van der Waals surface area contributed by atoms with Gasteiger partial charge in [0.05, 0.1) is 17.1 Å². The van der Waals surface area contributed by atoms with Crippen molar-refractivity contribution in [2.75, 3.05) is 0 Å². The van der Waals surface area contributed by atoms with Crippen molar-refractivity contribution in [2.45, 2.75) is 19.4 Å². The third-order valence-corrected chi connectivity index (χ3v) is 2.73. The number of carboxylic acid groups (broad SMARTS) is 1. The Balaban J connectivity index is 2.16. The number of rotatable bonds is 4. The molecule has 0 radical (unpaired) electrons. The molecule has 0 fully saturated rings. The van der Waals surface area contributed by atoms with Crippen LogP contribution in [0.15, 0.2) is 23.0 Å². The Bertz CT molecular complexity index is 686. The number of aromatic nitrogens is 2. The van der Waals surface area contributed by atoms with Gasteiger partial charge in [0.15, 0.2) is 0 Å². The molecule has 1 atom stereocenters. The van der Waals surface area contributed by atoms with E-state index < -0.39 is 18.3 Å². The molecule has 0 saturated carbocycles. The first-order valence-corrected chi connectivity index (χ1v) is 5.69. The Morgan fingerprint density at radius 2 is 2.00 bits per heavy atom. The summed E-state index contributed by atoms with van der Waals surface area (Å²) in [6.45, 7) is 1.74. The van der Waals surface area contributed by atoms with E-state index in [1.165, 1.54) is 0 Å². The predicted molar refractivity (Wildman–Crippen MR) is 67.7 cm³/mol. The summed E-state index contributed by atoms with van der Waals surface area (Å²) in [5.41, 5.74) is 1.80. The Morgan fingerprint density at radius 1 is 1.32 bits per heavy atom. The van der Waals surface area contributed by atoms with Crippen LogP contribution in [0, 0.1) is 0 Å². The van der Waals surface area contributed by atoms with Crippen LogP contribution in [-0.2, 0) is 9.59 Å². The number of aromatic amines is 2. The number of amides is 1. The van der Waals surface area contributed by atoms with E-state index in [0.717, 1.165) is 5.56 Å². The zero-order valence-corrected chi connectivity index (χ0v) is 10.2. The zero-order chi connectivity index (χ0) is 14.0. The van der Waals surface area contributed by atoms with Crippen LogP contribution >= 0.6 is 0 Å². The molecule has 0 spiro atoms. The van der Waals surface area contributed by atoms with Crippen LogP contribution in [0.2, 0.25) is 0 Å². The van der Waals surface area contributed by atoms with Gasteiger partial charge in [-0.1, -0.05) is 6.07 Å². The smallest absolute Gasteiger partial charge is 0.323 e. The summed E-state index contributed by atoms with van der Waals surface area (Å²) < 4.78 is 0. The SMILES string of the molecule is CC(NC(=O)CC(=O)O)c1ccc2[nH]c(=O)[nH]c2c1. The van der Waals surface area contributed by atoms with Crippen molar-refractivity contribution in [3.8, 4) is 0 Å². The van der Waals surface area contributed by atoms with E-state index in [0.29, 0.717) is 11.0 Å². The Kier molecular flexibility index (Phi) is 3.37. The summed E-state index contributed by atoms with van der Waals surface area (Å²) in [6, 6.07) is 4.88. The normalized spacial score (nSPS) is 12.3. The third kappa shape index (κ3) is 3.01. The summed E-state index contributed by atoms with van der Waals surface area (Å²) in [4.78, 5) is 38.1. The van der Waals surface area contributed by atoms with Crippen molar-refractivity contribution in [3.05, 3.63) is 34.2 Å².